The van der Waals surface area contributed by atoms with Crippen LogP contribution in [0.2, 0.25) is 0 Å². The number of aliphatic hydroxyl groups excluding tert-OH is 1. The number of hydrogen-bond acceptors (Lipinski definition) is 4. The van der Waals surface area contributed by atoms with Gasteiger partial charge in [0.1, 0.15) is 12.6 Å². The SMILES string of the molecule is COc1ccc(Br)c([C@@H](N)C(F)(F)CO)c1O.Cl. The van der Waals surface area contributed by atoms with E-state index in [1.807, 2.05) is 0 Å². The number of methoxy groups -OCH3 is 1. The van der Waals surface area contributed by atoms with Crippen molar-refractivity contribution in [3.63, 3.8) is 0 Å². The fourth-order valence-corrected chi connectivity index (χ4v) is 1.90. The number of phenolic OH excluding ortho intramolecular Hbond substituents is 1. The zero-order valence-corrected chi connectivity index (χ0v) is 11.8. The van der Waals surface area contributed by atoms with E-state index in [1.54, 1.807) is 0 Å². The van der Waals surface area contributed by atoms with E-state index in [1.165, 1.54) is 19.2 Å². The second-order valence-electron chi connectivity index (χ2n) is 3.41. The number of ether oxygens (including phenoxy) is 1. The summed E-state index contributed by atoms with van der Waals surface area (Å²) < 4.78 is 31.6. The predicted molar refractivity (Wildman–Crippen MR) is 68.6 cm³/mol. The second kappa shape index (κ2) is 6.51. The number of halogens is 4. The Bertz CT molecular complexity index is 420. The number of phenols is 1. The number of aromatic hydroxyl groups is 1. The van der Waals surface area contributed by atoms with Gasteiger partial charge in [0.05, 0.1) is 7.11 Å². The predicted octanol–water partition coefficient (Wildman–Crippen LogP) is 2.21. The molecule has 0 heterocycles. The molecule has 0 aliphatic carbocycles. The van der Waals surface area contributed by atoms with E-state index in [0.717, 1.165) is 0 Å². The van der Waals surface area contributed by atoms with E-state index in [9.17, 15) is 13.9 Å². The van der Waals surface area contributed by atoms with Gasteiger partial charge >= 0.3 is 0 Å². The van der Waals surface area contributed by atoms with Crippen LogP contribution >= 0.6 is 28.3 Å². The molecule has 0 spiro atoms. The van der Waals surface area contributed by atoms with Gasteiger partial charge in [-0.25, -0.2) is 8.78 Å². The number of hydrogen-bond donors (Lipinski definition) is 3. The first-order valence-corrected chi connectivity index (χ1v) is 5.44. The minimum absolute atomic E-state index is 0. The molecule has 1 rings (SSSR count). The average Bonchev–Trinajstić information content (AvgIpc) is 2.29. The van der Waals surface area contributed by atoms with Crippen molar-refractivity contribution in [3.05, 3.63) is 22.2 Å². The van der Waals surface area contributed by atoms with Crippen molar-refractivity contribution in [1.82, 2.24) is 0 Å². The largest absolute Gasteiger partial charge is 0.504 e. The molecule has 4 nitrogen and oxygen atoms in total. The van der Waals surface area contributed by atoms with Gasteiger partial charge in [-0.15, -0.1) is 12.4 Å². The first-order chi connectivity index (χ1) is 7.85. The van der Waals surface area contributed by atoms with E-state index in [4.69, 9.17) is 15.6 Å². The minimum Gasteiger partial charge on any atom is -0.504 e. The van der Waals surface area contributed by atoms with E-state index in [2.05, 4.69) is 15.9 Å². The van der Waals surface area contributed by atoms with Crippen LogP contribution in [0.3, 0.4) is 0 Å². The highest BCUT2D eigenvalue weighted by Crippen LogP contribution is 2.42. The van der Waals surface area contributed by atoms with Crippen molar-refractivity contribution < 1.29 is 23.7 Å². The van der Waals surface area contributed by atoms with Gasteiger partial charge in [0.2, 0.25) is 0 Å². The summed E-state index contributed by atoms with van der Waals surface area (Å²) in [7, 11) is 1.29. The lowest BCUT2D eigenvalue weighted by Gasteiger charge is -2.24. The first-order valence-electron chi connectivity index (χ1n) is 4.64. The summed E-state index contributed by atoms with van der Waals surface area (Å²) in [4.78, 5) is 0. The lowest BCUT2D eigenvalue weighted by molar-refractivity contribution is -0.0717. The van der Waals surface area contributed by atoms with Crippen molar-refractivity contribution in [2.24, 2.45) is 5.73 Å². The standard InChI is InChI=1S/C10H12BrF2NO3.ClH/c1-17-6-3-2-5(11)7(8(6)16)9(14)10(12,13)4-15;/h2-3,9,15-16H,4,14H2,1H3;1H/t9-;/m1./s1. The monoisotopic (exact) mass is 347 g/mol. The Balaban J connectivity index is 0.00000289. The van der Waals surface area contributed by atoms with Crippen LogP contribution in [-0.4, -0.2) is 29.9 Å². The average molecular weight is 349 g/mol. The van der Waals surface area contributed by atoms with Crippen LogP contribution in [0.5, 0.6) is 11.5 Å². The van der Waals surface area contributed by atoms with Gasteiger partial charge in [-0.1, -0.05) is 15.9 Å². The van der Waals surface area contributed by atoms with Gasteiger partial charge in [0.15, 0.2) is 11.5 Å². The van der Waals surface area contributed by atoms with Crippen LogP contribution in [0.25, 0.3) is 0 Å². The molecular formula is C10H13BrClF2NO3. The molecule has 1 aromatic rings. The van der Waals surface area contributed by atoms with E-state index in [0.29, 0.717) is 0 Å². The molecule has 0 amide bonds. The summed E-state index contributed by atoms with van der Waals surface area (Å²) in [6.07, 6.45) is 0. The molecule has 0 aromatic heterocycles. The van der Waals surface area contributed by atoms with Gasteiger partial charge in [0, 0.05) is 10.0 Å². The molecule has 8 heteroatoms. The highest BCUT2D eigenvalue weighted by atomic mass is 79.9. The maximum atomic E-state index is 13.3. The van der Waals surface area contributed by atoms with Crippen LogP contribution < -0.4 is 10.5 Å². The number of aliphatic hydroxyl groups is 1. The van der Waals surface area contributed by atoms with Crippen molar-refractivity contribution in [3.8, 4) is 11.5 Å². The maximum Gasteiger partial charge on any atom is 0.289 e. The van der Waals surface area contributed by atoms with Crippen LogP contribution in [0.4, 0.5) is 8.78 Å². The Hall–Kier alpha value is -0.630. The topological polar surface area (TPSA) is 75.7 Å². The fraction of sp³-hybridized carbons (Fsp3) is 0.400. The van der Waals surface area contributed by atoms with Gasteiger partial charge in [-0.05, 0) is 12.1 Å². The lowest BCUT2D eigenvalue weighted by atomic mass is 10.0. The summed E-state index contributed by atoms with van der Waals surface area (Å²) in [6.45, 7) is -1.41. The molecule has 1 atom stereocenters. The molecule has 1 aromatic carbocycles. The molecule has 18 heavy (non-hydrogen) atoms. The van der Waals surface area contributed by atoms with Crippen LogP contribution in [-0.2, 0) is 0 Å². The Morgan fingerprint density at radius 3 is 2.50 bits per heavy atom. The number of nitrogens with two attached hydrogens (primary N) is 1. The highest BCUT2D eigenvalue weighted by molar-refractivity contribution is 9.10. The summed E-state index contributed by atoms with van der Waals surface area (Å²) in [6, 6.07) is 1.01. The minimum atomic E-state index is -3.54. The first kappa shape index (κ1) is 17.4. The van der Waals surface area contributed by atoms with Crippen molar-refractivity contribution in [1.29, 1.82) is 0 Å². The molecule has 104 valence electrons. The quantitative estimate of drug-likeness (QED) is 0.780. The van der Waals surface area contributed by atoms with Gasteiger partial charge < -0.3 is 20.7 Å². The molecule has 0 aliphatic rings. The van der Waals surface area contributed by atoms with Crippen molar-refractivity contribution in [2.45, 2.75) is 12.0 Å². The molecule has 0 saturated carbocycles. The molecule has 0 radical (unpaired) electrons. The number of rotatable bonds is 4. The van der Waals surface area contributed by atoms with Crippen molar-refractivity contribution >= 4 is 28.3 Å². The van der Waals surface area contributed by atoms with Crippen LogP contribution in [0.15, 0.2) is 16.6 Å². The second-order valence-corrected chi connectivity index (χ2v) is 4.26. The van der Waals surface area contributed by atoms with Gasteiger partial charge in [-0.2, -0.15) is 0 Å². The summed E-state index contributed by atoms with van der Waals surface area (Å²) >= 11 is 3.02. The molecule has 4 N–H and O–H groups in total. The van der Waals surface area contributed by atoms with E-state index >= 15 is 0 Å². The summed E-state index contributed by atoms with van der Waals surface area (Å²) in [5.41, 5.74) is 5.15. The molecular weight excluding hydrogens is 335 g/mol. The number of benzene rings is 1. The summed E-state index contributed by atoms with van der Waals surface area (Å²) in [5, 5.41) is 18.3. The Kier molecular flexibility index (Phi) is 6.28. The van der Waals surface area contributed by atoms with E-state index in [-0.39, 0.29) is 28.2 Å². The van der Waals surface area contributed by atoms with Crippen LogP contribution in [0, 0.1) is 0 Å². The zero-order chi connectivity index (χ0) is 13.2. The molecule has 0 saturated heterocycles. The third-order valence-electron chi connectivity index (χ3n) is 2.32. The van der Waals surface area contributed by atoms with E-state index < -0.39 is 24.3 Å². The molecule has 0 fully saturated rings. The Morgan fingerprint density at radius 1 is 1.50 bits per heavy atom. The smallest absolute Gasteiger partial charge is 0.289 e. The summed E-state index contributed by atoms with van der Waals surface area (Å²) in [5.74, 6) is -3.97. The Labute approximate surface area is 117 Å². The molecule has 0 bridgehead atoms. The molecule has 0 aliphatic heterocycles. The third-order valence-corrected chi connectivity index (χ3v) is 3.02. The zero-order valence-electron chi connectivity index (χ0n) is 9.36. The number of alkyl halides is 2. The Morgan fingerprint density at radius 2 is 2.06 bits per heavy atom. The van der Waals surface area contributed by atoms with Crippen LogP contribution in [0.1, 0.15) is 11.6 Å². The highest BCUT2D eigenvalue weighted by Gasteiger charge is 2.40. The lowest BCUT2D eigenvalue weighted by Crippen LogP contribution is -2.36. The van der Waals surface area contributed by atoms with Gasteiger partial charge in [-0.3, -0.25) is 0 Å². The van der Waals surface area contributed by atoms with Gasteiger partial charge in [0.25, 0.3) is 5.92 Å². The fourth-order valence-electron chi connectivity index (χ4n) is 1.33. The van der Waals surface area contributed by atoms with Crippen molar-refractivity contribution in [2.75, 3.05) is 13.7 Å². The normalized spacial score (nSPS) is 12.8. The maximum absolute atomic E-state index is 13.3. The third kappa shape index (κ3) is 3.23. The molecule has 0 unspecified atom stereocenters.